The summed E-state index contributed by atoms with van der Waals surface area (Å²) in [4.78, 5) is 12.6. The molecule has 0 unspecified atom stereocenters. The van der Waals surface area contributed by atoms with Gasteiger partial charge in [-0.25, -0.2) is 9.97 Å². The third-order valence-corrected chi connectivity index (χ3v) is 7.58. The van der Waals surface area contributed by atoms with E-state index >= 15 is 0 Å². The van der Waals surface area contributed by atoms with Crippen LogP contribution in [0.2, 0.25) is 0 Å². The molecule has 0 fully saturated rings. The predicted molar refractivity (Wildman–Crippen MR) is 106 cm³/mol. The molecule has 4 aromatic rings. The molecular weight excluding hydrogens is 384 g/mol. The molecule has 1 atom stereocenters. The molecule has 0 N–H and O–H groups in total. The highest BCUT2D eigenvalue weighted by atomic mass is 32.2. The van der Waals surface area contributed by atoms with Crippen LogP contribution in [-0.4, -0.2) is 20.2 Å². The van der Waals surface area contributed by atoms with E-state index in [9.17, 15) is 0 Å². The SMILES string of the molecule is C[C@@H]1CCc2c(sc3ncnc(SCc4nnc(-c5cccs5)o4)c23)C1. The Labute approximate surface area is 162 Å². The summed E-state index contributed by atoms with van der Waals surface area (Å²) in [6.45, 7) is 2.33. The zero-order valence-electron chi connectivity index (χ0n) is 14.1. The molecule has 4 heterocycles. The molecule has 0 saturated heterocycles. The van der Waals surface area contributed by atoms with E-state index < -0.39 is 0 Å². The second-order valence-electron chi connectivity index (χ2n) is 6.48. The molecule has 0 aromatic carbocycles. The number of aryl methyl sites for hydroxylation is 1. The van der Waals surface area contributed by atoms with Crippen LogP contribution < -0.4 is 0 Å². The van der Waals surface area contributed by atoms with Crippen molar-refractivity contribution in [1.29, 1.82) is 0 Å². The van der Waals surface area contributed by atoms with Gasteiger partial charge in [0.15, 0.2) is 0 Å². The van der Waals surface area contributed by atoms with Crippen molar-refractivity contribution in [1.82, 2.24) is 20.2 Å². The Morgan fingerprint density at radius 3 is 3.15 bits per heavy atom. The fraction of sp³-hybridized carbons (Fsp3) is 0.333. The lowest BCUT2D eigenvalue weighted by molar-refractivity contribution is 0.509. The van der Waals surface area contributed by atoms with Gasteiger partial charge in [-0.1, -0.05) is 24.8 Å². The smallest absolute Gasteiger partial charge is 0.257 e. The summed E-state index contributed by atoms with van der Waals surface area (Å²) < 4.78 is 5.80. The number of rotatable bonds is 4. The number of thiophene rings is 2. The molecule has 1 aliphatic carbocycles. The summed E-state index contributed by atoms with van der Waals surface area (Å²) in [6, 6.07) is 3.97. The first kappa shape index (κ1) is 16.4. The van der Waals surface area contributed by atoms with Crippen molar-refractivity contribution < 1.29 is 4.42 Å². The van der Waals surface area contributed by atoms with E-state index in [1.54, 1.807) is 29.4 Å². The van der Waals surface area contributed by atoms with Crippen LogP contribution in [0, 0.1) is 5.92 Å². The minimum atomic E-state index is 0.588. The summed E-state index contributed by atoms with van der Waals surface area (Å²) in [5.41, 5.74) is 1.45. The standard InChI is InChI=1S/C18H16N4OS3/c1-10-4-5-11-13(7-10)26-18-15(11)17(19-9-20-18)25-8-14-21-22-16(23-14)12-3-2-6-24-12/h2-3,6,9-10H,4-5,7-8H2,1H3/t10-/m1/s1. The molecule has 0 saturated carbocycles. The normalized spacial score (nSPS) is 16.9. The molecule has 1 aliphatic rings. The zero-order chi connectivity index (χ0) is 17.5. The maximum absolute atomic E-state index is 5.80. The van der Waals surface area contributed by atoms with Gasteiger partial charge in [0.05, 0.1) is 10.6 Å². The van der Waals surface area contributed by atoms with Crippen molar-refractivity contribution in [2.45, 2.75) is 37.0 Å². The fourth-order valence-electron chi connectivity index (χ4n) is 3.30. The van der Waals surface area contributed by atoms with Gasteiger partial charge in [-0.15, -0.1) is 32.9 Å². The van der Waals surface area contributed by atoms with Crippen molar-refractivity contribution >= 4 is 44.7 Å². The maximum Gasteiger partial charge on any atom is 0.257 e. The first-order chi connectivity index (χ1) is 12.8. The highest BCUT2D eigenvalue weighted by molar-refractivity contribution is 7.98. The molecule has 0 spiro atoms. The maximum atomic E-state index is 5.80. The second-order valence-corrected chi connectivity index (χ2v) is 9.47. The first-order valence-electron chi connectivity index (χ1n) is 8.52. The predicted octanol–water partition coefficient (Wildman–Crippen LogP) is 5.22. The zero-order valence-corrected chi connectivity index (χ0v) is 16.6. The minimum Gasteiger partial charge on any atom is -0.419 e. The van der Waals surface area contributed by atoms with Gasteiger partial charge in [-0.2, -0.15) is 0 Å². The summed E-state index contributed by atoms with van der Waals surface area (Å²) in [5.74, 6) is 2.59. The Balaban J connectivity index is 1.41. The van der Waals surface area contributed by atoms with E-state index in [1.165, 1.54) is 22.2 Å². The van der Waals surface area contributed by atoms with Gasteiger partial charge in [-0.3, -0.25) is 0 Å². The van der Waals surface area contributed by atoms with E-state index in [1.807, 2.05) is 28.8 Å². The van der Waals surface area contributed by atoms with Gasteiger partial charge in [0, 0.05) is 10.3 Å². The van der Waals surface area contributed by atoms with Crippen LogP contribution in [0.3, 0.4) is 0 Å². The number of hydrogen-bond donors (Lipinski definition) is 0. The highest BCUT2D eigenvalue weighted by Gasteiger charge is 2.23. The number of thioether (sulfide) groups is 1. The van der Waals surface area contributed by atoms with Gasteiger partial charge >= 0.3 is 0 Å². The fourth-order valence-corrected chi connectivity index (χ4v) is 6.22. The van der Waals surface area contributed by atoms with Crippen LogP contribution in [-0.2, 0) is 18.6 Å². The van der Waals surface area contributed by atoms with Crippen LogP contribution in [0.1, 0.15) is 29.7 Å². The van der Waals surface area contributed by atoms with E-state index in [4.69, 9.17) is 4.42 Å². The van der Waals surface area contributed by atoms with Gasteiger partial charge in [0.25, 0.3) is 5.89 Å². The van der Waals surface area contributed by atoms with Crippen molar-refractivity contribution in [2.24, 2.45) is 5.92 Å². The molecule has 132 valence electrons. The van der Waals surface area contributed by atoms with E-state index in [0.717, 1.165) is 33.5 Å². The second kappa shape index (κ2) is 6.75. The van der Waals surface area contributed by atoms with Crippen molar-refractivity contribution in [2.75, 3.05) is 0 Å². The number of aromatic nitrogens is 4. The summed E-state index contributed by atoms with van der Waals surface area (Å²) >= 11 is 5.08. The van der Waals surface area contributed by atoms with E-state index in [0.29, 0.717) is 17.5 Å². The molecule has 5 rings (SSSR count). The first-order valence-corrected chi connectivity index (χ1v) is 11.2. The number of hydrogen-bond acceptors (Lipinski definition) is 8. The molecule has 5 nitrogen and oxygen atoms in total. The lowest BCUT2D eigenvalue weighted by Gasteiger charge is -2.18. The highest BCUT2D eigenvalue weighted by Crippen LogP contribution is 2.41. The van der Waals surface area contributed by atoms with Crippen LogP contribution >= 0.6 is 34.4 Å². The van der Waals surface area contributed by atoms with Gasteiger partial charge in [0.1, 0.15) is 16.2 Å². The number of fused-ring (bicyclic) bond motifs is 3. The molecule has 26 heavy (non-hydrogen) atoms. The van der Waals surface area contributed by atoms with Gasteiger partial charge < -0.3 is 4.42 Å². The Hall–Kier alpha value is -1.77. The van der Waals surface area contributed by atoms with E-state index in [2.05, 4.69) is 27.1 Å². The summed E-state index contributed by atoms with van der Waals surface area (Å²) in [5, 5.41) is 12.6. The summed E-state index contributed by atoms with van der Waals surface area (Å²) in [6.07, 6.45) is 5.20. The monoisotopic (exact) mass is 400 g/mol. The van der Waals surface area contributed by atoms with Crippen molar-refractivity contribution in [3.8, 4) is 10.8 Å². The Kier molecular flexibility index (Phi) is 4.26. The Morgan fingerprint density at radius 2 is 2.27 bits per heavy atom. The van der Waals surface area contributed by atoms with Crippen LogP contribution in [0.15, 0.2) is 33.3 Å². The Bertz CT molecular complexity index is 1050. The lowest BCUT2D eigenvalue weighted by atomic mass is 9.89. The molecular formula is C18H16N4OS3. The third kappa shape index (κ3) is 2.95. The van der Waals surface area contributed by atoms with Gasteiger partial charge in [-0.05, 0) is 42.2 Å². The van der Waals surface area contributed by atoms with Crippen LogP contribution in [0.25, 0.3) is 21.0 Å². The van der Waals surface area contributed by atoms with Crippen molar-refractivity contribution in [3.63, 3.8) is 0 Å². The van der Waals surface area contributed by atoms with E-state index in [-0.39, 0.29) is 0 Å². The third-order valence-electron chi connectivity index (χ3n) is 4.59. The largest absolute Gasteiger partial charge is 0.419 e. The lowest BCUT2D eigenvalue weighted by Crippen LogP contribution is -2.08. The van der Waals surface area contributed by atoms with Crippen LogP contribution in [0.4, 0.5) is 0 Å². The molecule has 4 aromatic heterocycles. The van der Waals surface area contributed by atoms with Crippen LogP contribution in [0.5, 0.6) is 0 Å². The molecule has 0 aliphatic heterocycles. The topological polar surface area (TPSA) is 64.7 Å². The molecule has 0 radical (unpaired) electrons. The quantitative estimate of drug-likeness (QED) is 0.346. The molecule has 0 amide bonds. The minimum absolute atomic E-state index is 0.588. The summed E-state index contributed by atoms with van der Waals surface area (Å²) in [7, 11) is 0. The Morgan fingerprint density at radius 1 is 1.31 bits per heavy atom. The molecule has 8 heteroatoms. The average molecular weight is 401 g/mol. The van der Waals surface area contributed by atoms with Crippen molar-refractivity contribution in [3.05, 3.63) is 40.2 Å². The number of nitrogens with zero attached hydrogens (tertiary/aromatic N) is 4. The van der Waals surface area contributed by atoms with Gasteiger partial charge in [0.2, 0.25) is 5.89 Å². The molecule has 0 bridgehead atoms. The average Bonchev–Trinajstić information content (AvgIpc) is 3.37.